The van der Waals surface area contributed by atoms with Crippen molar-refractivity contribution in [3.63, 3.8) is 0 Å². The lowest BCUT2D eigenvalue weighted by molar-refractivity contribution is -0.155. The smallest absolute Gasteiger partial charge is 0.452 e. The van der Waals surface area contributed by atoms with Gasteiger partial charge in [0.2, 0.25) is 0 Å². The third-order valence-corrected chi connectivity index (χ3v) is 4.55. The first-order valence-corrected chi connectivity index (χ1v) is 9.50. The van der Waals surface area contributed by atoms with Crippen molar-refractivity contribution in [2.24, 2.45) is 0 Å². The molecule has 9 heteroatoms. The summed E-state index contributed by atoms with van der Waals surface area (Å²) in [5.74, 6) is -1.01. The van der Waals surface area contributed by atoms with Crippen molar-refractivity contribution in [1.29, 1.82) is 0 Å². The second kappa shape index (κ2) is 9.94. The number of ether oxygens (including phenoxy) is 5. The maximum absolute atomic E-state index is 12.1. The van der Waals surface area contributed by atoms with Gasteiger partial charge in [-0.15, -0.1) is 0 Å². The van der Waals surface area contributed by atoms with Gasteiger partial charge in [0.15, 0.2) is 17.8 Å². The van der Waals surface area contributed by atoms with Crippen LogP contribution >= 0.6 is 0 Å². The van der Waals surface area contributed by atoms with E-state index < -0.39 is 42.7 Å². The third kappa shape index (κ3) is 5.95. The summed E-state index contributed by atoms with van der Waals surface area (Å²) in [7, 11) is 0. The zero-order valence-electron chi connectivity index (χ0n) is 16.8. The van der Waals surface area contributed by atoms with E-state index in [9.17, 15) is 19.5 Å². The van der Waals surface area contributed by atoms with E-state index in [0.29, 0.717) is 0 Å². The van der Waals surface area contributed by atoms with Gasteiger partial charge in [-0.3, -0.25) is 0 Å². The summed E-state index contributed by atoms with van der Waals surface area (Å²) in [5, 5.41) is 10.4. The molecule has 0 saturated carbocycles. The Morgan fingerprint density at radius 3 is 1.97 bits per heavy atom. The lowest BCUT2D eigenvalue weighted by Gasteiger charge is -2.23. The number of hydrogen-bond donors (Lipinski definition) is 1. The van der Waals surface area contributed by atoms with Gasteiger partial charge in [-0.05, 0) is 18.1 Å². The van der Waals surface area contributed by atoms with Crippen molar-refractivity contribution in [3.8, 4) is 0 Å². The maximum Gasteiger partial charge on any atom is 0.509 e. The van der Waals surface area contributed by atoms with Gasteiger partial charge in [0.1, 0.15) is 19.8 Å². The van der Waals surface area contributed by atoms with Crippen LogP contribution in [-0.2, 0) is 41.7 Å². The maximum atomic E-state index is 12.1. The molecule has 0 aliphatic carbocycles. The van der Waals surface area contributed by atoms with Gasteiger partial charge in [-0.1, -0.05) is 60.7 Å². The van der Waals surface area contributed by atoms with Crippen LogP contribution < -0.4 is 0 Å². The number of cyclic esters (lactones) is 1. The van der Waals surface area contributed by atoms with Gasteiger partial charge in [-0.2, -0.15) is 0 Å². The van der Waals surface area contributed by atoms with Crippen molar-refractivity contribution in [3.05, 3.63) is 71.8 Å². The Kier molecular flexibility index (Phi) is 7.09. The molecule has 2 aromatic rings. The Labute approximate surface area is 178 Å². The minimum atomic E-state index is -2.13. The van der Waals surface area contributed by atoms with Crippen LogP contribution in [0.1, 0.15) is 18.1 Å². The van der Waals surface area contributed by atoms with Crippen molar-refractivity contribution < 1.29 is 43.2 Å². The van der Waals surface area contributed by atoms with E-state index in [4.69, 9.17) is 23.7 Å². The van der Waals surface area contributed by atoms with E-state index in [1.165, 1.54) is 0 Å². The van der Waals surface area contributed by atoms with Gasteiger partial charge in [0.25, 0.3) is 0 Å². The fourth-order valence-corrected chi connectivity index (χ4v) is 2.87. The number of hydrogen-bond acceptors (Lipinski definition) is 9. The molecule has 1 heterocycles. The Bertz CT molecular complexity index is 896. The van der Waals surface area contributed by atoms with E-state index in [1.54, 1.807) is 48.5 Å². The second-order valence-corrected chi connectivity index (χ2v) is 6.99. The molecule has 0 spiro atoms. The molecule has 164 valence electrons. The zero-order valence-corrected chi connectivity index (χ0v) is 16.8. The summed E-state index contributed by atoms with van der Waals surface area (Å²) in [4.78, 5) is 35.8. The molecule has 1 aliphatic heterocycles. The molecule has 9 nitrogen and oxygen atoms in total. The standard InChI is InChI=1S/C22H22O9/c1-22(26)18(31-21(25)28-13-16-10-6-3-7-11-16)17(30-19(22)23)14-29-20(24)27-12-15-8-4-2-5-9-15/h2-11,17-18,26H,12-14H2,1H3/t17-,18-,22+/m1/s1. The molecule has 3 rings (SSSR count). The molecule has 0 unspecified atom stereocenters. The van der Waals surface area contributed by atoms with Crippen LogP contribution in [0.2, 0.25) is 0 Å². The molecular weight excluding hydrogens is 408 g/mol. The Balaban J connectivity index is 1.51. The molecule has 1 N–H and O–H groups in total. The number of rotatable bonds is 7. The van der Waals surface area contributed by atoms with Crippen LogP contribution in [0.3, 0.4) is 0 Å². The second-order valence-electron chi connectivity index (χ2n) is 6.99. The molecule has 2 aromatic carbocycles. The minimum absolute atomic E-state index is 0.00637. The Morgan fingerprint density at radius 1 is 0.903 bits per heavy atom. The first kappa shape index (κ1) is 22.1. The van der Waals surface area contributed by atoms with E-state index >= 15 is 0 Å². The van der Waals surface area contributed by atoms with Gasteiger partial charge in [-0.25, -0.2) is 14.4 Å². The van der Waals surface area contributed by atoms with Gasteiger partial charge in [0, 0.05) is 0 Å². The molecule has 1 fully saturated rings. The SMILES string of the molecule is C[C@@]1(O)C(=O)O[C@H](COC(=O)OCc2ccccc2)[C@H]1OC(=O)OCc1ccccc1. The van der Waals surface area contributed by atoms with Gasteiger partial charge < -0.3 is 28.8 Å². The van der Waals surface area contributed by atoms with Crippen molar-refractivity contribution in [1.82, 2.24) is 0 Å². The quantitative estimate of drug-likeness (QED) is 0.522. The average Bonchev–Trinajstić information content (AvgIpc) is 2.99. The summed E-state index contributed by atoms with van der Waals surface area (Å²) >= 11 is 0. The summed E-state index contributed by atoms with van der Waals surface area (Å²) in [6.07, 6.45) is -4.78. The van der Waals surface area contributed by atoms with E-state index in [2.05, 4.69) is 0 Å². The highest BCUT2D eigenvalue weighted by Crippen LogP contribution is 2.29. The van der Waals surface area contributed by atoms with Crippen LogP contribution in [0.25, 0.3) is 0 Å². The summed E-state index contributed by atoms with van der Waals surface area (Å²) in [6, 6.07) is 17.8. The lowest BCUT2D eigenvalue weighted by Crippen LogP contribution is -2.47. The number of carbonyl (C=O) groups excluding carboxylic acids is 3. The fraction of sp³-hybridized carbons (Fsp3) is 0.318. The van der Waals surface area contributed by atoms with Crippen LogP contribution in [0.15, 0.2) is 60.7 Å². The van der Waals surface area contributed by atoms with Crippen LogP contribution in [0.5, 0.6) is 0 Å². The molecule has 3 atom stereocenters. The largest absolute Gasteiger partial charge is 0.509 e. The van der Waals surface area contributed by atoms with Crippen molar-refractivity contribution in [2.75, 3.05) is 6.61 Å². The number of aliphatic hydroxyl groups is 1. The lowest BCUT2D eigenvalue weighted by atomic mass is 9.98. The molecule has 0 bridgehead atoms. The average molecular weight is 430 g/mol. The van der Waals surface area contributed by atoms with Gasteiger partial charge >= 0.3 is 18.3 Å². The predicted molar refractivity (Wildman–Crippen MR) is 105 cm³/mol. The van der Waals surface area contributed by atoms with Crippen molar-refractivity contribution in [2.45, 2.75) is 37.9 Å². The topological polar surface area (TPSA) is 118 Å². The summed E-state index contributed by atoms with van der Waals surface area (Å²) in [6.45, 7) is 0.592. The number of benzene rings is 2. The molecule has 1 saturated heterocycles. The van der Waals surface area contributed by atoms with Crippen LogP contribution in [0.4, 0.5) is 9.59 Å². The fourth-order valence-electron chi connectivity index (χ4n) is 2.87. The highest BCUT2D eigenvalue weighted by Gasteiger charge is 2.56. The first-order valence-electron chi connectivity index (χ1n) is 9.50. The van der Waals surface area contributed by atoms with Crippen molar-refractivity contribution >= 4 is 18.3 Å². The highest BCUT2D eigenvalue weighted by atomic mass is 16.8. The number of esters is 1. The van der Waals surface area contributed by atoms with Crippen LogP contribution in [0, 0.1) is 0 Å². The molecule has 31 heavy (non-hydrogen) atoms. The highest BCUT2D eigenvalue weighted by molar-refractivity contribution is 5.83. The van der Waals surface area contributed by atoms with Crippen LogP contribution in [-0.4, -0.2) is 47.8 Å². The zero-order chi connectivity index (χ0) is 22.3. The molecular formula is C22H22O9. The summed E-state index contributed by atoms with van der Waals surface area (Å²) < 4.78 is 25.0. The normalized spacial score (nSPS) is 22.3. The predicted octanol–water partition coefficient (Wildman–Crippen LogP) is 2.74. The Hall–Kier alpha value is -3.59. The molecule has 0 amide bonds. The molecule has 0 radical (unpaired) electrons. The molecule has 1 aliphatic rings. The third-order valence-electron chi connectivity index (χ3n) is 4.55. The Morgan fingerprint density at radius 2 is 1.42 bits per heavy atom. The van der Waals surface area contributed by atoms with E-state index in [0.717, 1.165) is 18.1 Å². The van der Waals surface area contributed by atoms with E-state index in [-0.39, 0.29) is 13.2 Å². The number of carbonyl (C=O) groups is 3. The minimum Gasteiger partial charge on any atom is -0.452 e. The monoisotopic (exact) mass is 430 g/mol. The van der Waals surface area contributed by atoms with E-state index in [1.807, 2.05) is 12.1 Å². The molecule has 0 aromatic heterocycles. The van der Waals surface area contributed by atoms with Gasteiger partial charge in [0.05, 0.1) is 0 Å². The summed E-state index contributed by atoms with van der Waals surface area (Å²) in [5.41, 5.74) is -0.642. The first-order chi connectivity index (χ1) is 14.9.